The van der Waals surface area contributed by atoms with Gasteiger partial charge in [-0.25, -0.2) is 4.98 Å². The lowest BCUT2D eigenvalue weighted by Crippen LogP contribution is -2.43. The van der Waals surface area contributed by atoms with E-state index in [1.807, 2.05) is 24.3 Å². The van der Waals surface area contributed by atoms with Gasteiger partial charge in [-0.2, -0.15) is 11.8 Å². The Bertz CT molecular complexity index is 686. The number of carbonyl (C=O) groups is 1. The summed E-state index contributed by atoms with van der Waals surface area (Å²) in [6.07, 6.45) is 0.698. The van der Waals surface area contributed by atoms with Crippen molar-refractivity contribution in [2.75, 3.05) is 18.1 Å². The number of nitrogens with one attached hydrogen (secondary N) is 1. The Hall–Kier alpha value is -1.30. The van der Waals surface area contributed by atoms with Crippen LogP contribution in [0.1, 0.15) is 16.9 Å². The van der Waals surface area contributed by atoms with E-state index >= 15 is 0 Å². The molecule has 2 heterocycles. The van der Waals surface area contributed by atoms with Gasteiger partial charge in [0, 0.05) is 17.7 Å². The van der Waals surface area contributed by atoms with E-state index in [0.717, 1.165) is 16.5 Å². The van der Waals surface area contributed by atoms with E-state index in [0.29, 0.717) is 17.3 Å². The fourth-order valence-electron chi connectivity index (χ4n) is 2.34. The summed E-state index contributed by atoms with van der Waals surface area (Å²) in [7, 11) is 0. The summed E-state index contributed by atoms with van der Waals surface area (Å²) in [4.78, 5) is 16.3. The van der Waals surface area contributed by atoms with Crippen LogP contribution in [-0.2, 0) is 0 Å². The maximum atomic E-state index is 12.2. The molecule has 1 aromatic heterocycles. The second-order valence-corrected chi connectivity index (χ2v) is 6.69. The minimum atomic E-state index is -0.805. The van der Waals surface area contributed by atoms with Crippen LogP contribution in [0.5, 0.6) is 0 Å². The number of pyridine rings is 1. The molecular weight excluding hydrogens is 308 g/mol. The summed E-state index contributed by atoms with van der Waals surface area (Å²) >= 11 is 7.81. The summed E-state index contributed by atoms with van der Waals surface area (Å²) in [6.45, 7) is 0.241. The van der Waals surface area contributed by atoms with Gasteiger partial charge in [-0.15, -0.1) is 0 Å². The number of fused-ring (bicyclic) bond motifs is 1. The Morgan fingerprint density at radius 1 is 1.48 bits per heavy atom. The van der Waals surface area contributed by atoms with Crippen LogP contribution < -0.4 is 5.32 Å². The molecule has 0 spiro atoms. The van der Waals surface area contributed by atoms with Gasteiger partial charge in [-0.3, -0.25) is 4.79 Å². The summed E-state index contributed by atoms with van der Waals surface area (Å²) in [6, 6.07) is 9.23. The highest BCUT2D eigenvalue weighted by Gasteiger charge is 2.32. The minimum Gasteiger partial charge on any atom is -0.387 e. The Balaban J connectivity index is 1.78. The number of benzene rings is 1. The molecule has 2 aromatic rings. The number of thioether (sulfide) groups is 1. The second kappa shape index (κ2) is 5.83. The molecule has 21 heavy (non-hydrogen) atoms. The zero-order valence-electron chi connectivity index (χ0n) is 11.3. The highest BCUT2D eigenvalue weighted by molar-refractivity contribution is 7.99. The summed E-state index contributed by atoms with van der Waals surface area (Å²) in [5.41, 5.74) is -0.533. The van der Waals surface area contributed by atoms with Crippen molar-refractivity contribution in [1.29, 1.82) is 0 Å². The molecule has 1 unspecified atom stereocenters. The Kier molecular flexibility index (Phi) is 4.06. The largest absolute Gasteiger partial charge is 0.387 e. The number of nitrogens with zero attached hydrogens (tertiary/aromatic N) is 1. The third kappa shape index (κ3) is 3.15. The SMILES string of the molecule is O=C(NCC1(O)CCSC1)c1cc2ccccc2c(Cl)n1. The van der Waals surface area contributed by atoms with Crippen LogP contribution in [0.4, 0.5) is 0 Å². The first-order valence-corrected chi connectivity index (χ1v) is 8.24. The molecule has 4 nitrogen and oxygen atoms in total. The fraction of sp³-hybridized carbons (Fsp3) is 0.333. The zero-order chi connectivity index (χ0) is 14.9. The topological polar surface area (TPSA) is 62.2 Å². The van der Waals surface area contributed by atoms with Crippen molar-refractivity contribution in [3.8, 4) is 0 Å². The summed E-state index contributed by atoms with van der Waals surface area (Å²) < 4.78 is 0. The van der Waals surface area contributed by atoms with Gasteiger partial charge in [0.15, 0.2) is 0 Å². The minimum absolute atomic E-state index is 0.241. The molecule has 1 aliphatic heterocycles. The molecule has 1 fully saturated rings. The van der Waals surface area contributed by atoms with E-state index in [1.54, 1.807) is 17.8 Å². The molecule has 0 bridgehead atoms. The van der Waals surface area contributed by atoms with Crippen molar-refractivity contribution in [2.24, 2.45) is 0 Å². The van der Waals surface area contributed by atoms with Gasteiger partial charge in [0.25, 0.3) is 5.91 Å². The molecule has 1 amide bonds. The number of halogens is 1. The predicted octanol–water partition coefficient (Wildman–Crippen LogP) is 2.49. The van der Waals surface area contributed by atoms with Crippen LogP contribution in [0.15, 0.2) is 30.3 Å². The first kappa shape index (κ1) is 14.6. The van der Waals surface area contributed by atoms with Crippen LogP contribution in [0.2, 0.25) is 5.15 Å². The molecule has 3 rings (SSSR count). The molecule has 110 valence electrons. The number of hydrogen-bond donors (Lipinski definition) is 2. The van der Waals surface area contributed by atoms with Gasteiger partial charge in [0.05, 0.1) is 5.60 Å². The predicted molar refractivity (Wildman–Crippen MR) is 86.0 cm³/mol. The van der Waals surface area contributed by atoms with Crippen molar-refractivity contribution in [3.63, 3.8) is 0 Å². The number of hydrogen-bond acceptors (Lipinski definition) is 4. The van der Waals surface area contributed by atoms with Crippen LogP contribution in [0, 0.1) is 0 Å². The first-order chi connectivity index (χ1) is 10.1. The Morgan fingerprint density at radius 3 is 3.05 bits per heavy atom. The Labute approximate surface area is 131 Å². The van der Waals surface area contributed by atoms with E-state index < -0.39 is 5.60 Å². The lowest BCUT2D eigenvalue weighted by atomic mass is 10.0. The highest BCUT2D eigenvalue weighted by Crippen LogP contribution is 2.27. The van der Waals surface area contributed by atoms with Gasteiger partial charge in [-0.1, -0.05) is 35.9 Å². The van der Waals surface area contributed by atoms with Crippen molar-refractivity contribution in [1.82, 2.24) is 10.3 Å². The molecule has 0 radical (unpaired) electrons. The van der Waals surface area contributed by atoms with Gasteiger partial charge in [0.2, 0.25) is 0 Å². The number of carbonyl (C=O) groups excluding carboxylic acids is 1. The molecule has 1 saturated heterocycles. The lowest BCUT2D eigenvalue weighted by Gasteiger charge is -2.21. The average Bonchev–Trinajstić information content (AvgIpc) is 2.92. The van der Waals surface area contributed by atoms with Crippen molar-refractivity contribution in [2.45, 2.75) is 12.0 Å². The summed E-state index contributed by atoms with van der Waals surface area (Å²) in [5, 5.41) is 15.0. The standard InChI is InChI=1S/C15H15ClN2O2S/c16-13-11-4-2-1-3-10(11)7-12(18-13)14(19)17-8-15(20)5-6-21-9-15/h1-4,7,20H,5-6,8-9H2,(H,17,19). The van der Waals surface area contributed by atoms with Crippen molar-refractivity contribution in [3.05, 3.63) is 41.2 Å². The van der Waals surface area contributed by atoms with Crippen LogP contribution in [0.3, 0.4) is 0 Å². The van der Waals surface area contributed by atoms with E-state index in [-0.39, 0.29) is 18.1 Å². The van der Waals surface area contributed by atoms with Crippen LogP contribution >= 0.6 is 23.4 Å². The second-order valence-electron chi connectivity index (χ2n) is 5.23. The first-order valence-electron chi connectivity index (χ1n) is 6.71. The molecule has 0 aliphatic carbocycles. The highest BCUT2D eigenvalue weighted by atomic mass is 35.5. The van der Waals surface area contributed by atoms with E-state index in [9.17, 15) is 9.90 Å². The molecular formula is C15H15ClN2O2S. The third-order valence-electron chi connectivity index (χ3n) is 3.59. The normalized spacial score (nSPS) is 21.6. The van der Waals surface area contributed by atoms with Gasteiger partial charge in [0.1, 0.15) is 10.8 Å². The number of aromatic nitrogens is 1. The lowest BCUT2D eigenvalue weighted by molar-refractivity contribution is 0.0611. The third-order valence-corrected chi connectivity index (χ3v) is 5.11. The van der Waals surface area contributed by atoms with Gasteiger partial charge in [-0.05, 0) is 23.6 Å². The van der Waals surface area contributed by atoms with E-state index in [4.69, 9.17) is 11.6 Å². The maximum absolute atomic E-state index is 12.2. The Morgan fingerprint density at radius 2 is 2.29 bits per heavy atom. The molecule has 1 aliphatic rings. The van der Waals surface area contributed by atoms with E-state index in [1.165, 1.54) is 0 Å². The maximum Gasteiger partial charge on any atom is 0.270 e. The average molecular weight is 323 g/mol. The van der Waals surface area contributed by atoms with Crippen LogP contribution in [-0.4, -0.2) is 39.6 Å². The molecule has 1 aromatic carbocycles. The smallest absolute Gasteiger partial charge is 0.270 e. The van der Waals surface area contributed by atoms with Crippen molar-refractivity contribution < 1.29 is 9.90 Å². The quantitative estimate of drug-likeness (QED) is 0.852. The zero-order valence-corrected chi connectivity index (χ0v) is 12.9. The number of rotatable bonds is 3. The van der Waals surface area contributed by atoms with Gasteiger partial charge < -0.3 is 10.4 Å². The van der Waals surface area contributed by atoms with Crippen LogP contribution in [0.25, 0.3) is 10.8 Å². The van der Waals surface area contributed by atoms with Crippen molar-refractivity contribution >= 4 is 40.0 Å². The molecule has 0 saturated carbocycles. The molecule has 6 heteroatoms. The number of aliphatic hydroxyl groups is 1. The monoisotopic (exact) mass is 322 g/mol. The molecule has 2 N–H and O–H groups in total. The van der Waals surface area contributed by atoms with Gasteiger partial charge >= 0.3 is 0 Å². The summed E-state index contributed by atoms with van der Waals surface area (Å²) in [5.74, 6) is 1.26. The van der Waals surface area contributed by atoms with E-state index in [2.05, 4.69) is 10.3 Å². The molecule has 1 atom stereocenters. The number of amides is 1. The fourth-order valence-corrected chi connectivity index (χ4v) is 3.90.